The molecule has 0 aromatic carbocycles. The van der Waals surface area contributed by atoms with Gasteiger partial charge in [-0.3, -0.25) is 9.78 Å². The van der Waals surface area contributed by atoms with Crippen LogP contribution in [0.5, 0.6) is 0 Å². The molecule has 1 aromatic heterocycles. The molecule has 19 heavy (non-hydrogen) atoms. The Morgan fingerprint density at radius 2 is 2.05 bits per heavy atom. The van der Waals surface area contributed by atoms with E-state index in [9.17, 15) is 9.59 Å². The molecule has 104 valence electrons. The third-order valence-corrected chi connectivity index (χ3v) is 3.02. The summed E-state index contributed by atoms with van der Waals surface area (Å²) in [6.45, 7) is 3.59. The molecule has 1 unspecified atom stereocenters. The summed E-state index contributed by atoms with van der Waals surface area (Å²) in [7, 11) is 1.54. The first-order valence-electron chi connectivity index (χ1n) is 6.32. The molecule has 1 amide bonds. The van der Waals surface area contributed by atoms with Crippen LogP contribution in [0.1, 0.15) is 26.0 Å². The second kappa shape index (κ2) is 6.87. The average molecular weight is 264 g/mol. The summed E-state index contributed by atoms with van der Waals surface area (Å²) < 4.78 is 0. The number of carbonyl (C=O) groups is 2. The molecule has 1 atom stereocenters. The maximum Gasteiger partial charge on any atom is 0.326 e. The van der Waals surface area contributed by atoms with E-state index >= 15 is 0 Å². The van der Waals surface area contributed by atoms with Crippen molar-refractivity contribution in [3.05, 3.63) is 30.1 Å². The van der Waals surface area contributed by atoms with Crippen LogP contribution in [0.4, 0.5) is 0 Å². The van der Waals surface area contributed by atoms with E-state index in [2.05, 4.69) is 4.98 Å². The Labute approximate surface area is 113 Å². The molecule has 0 aliphatic heterocycles. The van der Waals surface area contributed by atoms with Crippen molar-refractivity contribution in [2.75, 3.05) is 7.05 Å². The highest BCUT2D eigenvalue weighted by Crippen LogP contribution is 2.11. The second-order valence-corrected chi connectivity index (χ2v) is 4.85. The number of aromatic nitrogens is 1. The zero-order chi connectivity index (χ0) is 14.4. The number of aliphatic carboxylic acids is 1. The first-order chi connectivity index (χ1) is 8.93. The van der Waals surface area contributed by atoms with Crippen LogP contribution in [0.3, 0.4) is 0 Å². The number of hydrogen-bond acceptors (Lipinski definition) is 3. The van der Waals surface area contributed by atoms with Gasteiger partial charge in [-0.05, 0) is 24.5 Å². The van der Waals surface area contributed by atoms with Gasteiger partial charge in [0.1, 0.15) is 6.04 Å². The number of aryl methyl sites for hydroxylation is 1. The van der Waals surface area contributed by atoms with Gasteiger partial charge in [0, 0.05) is 25.4 Å². The van der Waals surface area contributed by atoms with E-state index in [1.165, 1.54) is 4.90 Å². The molecule has 0 bridgehead atoms. The van der Waals surface area contributed by atoms with Crippen LogP contribution in [-0.2, 0) is 16.0 Å². The summed E-state index contributed by atoms with van der Waals surface area (Å²) in [5, 5.41) is 9.14. The van der Waals surface area contributed by atoms with E-state index in [1.807, 2.05) is 18.2 Å². The van der Waals surface area contributed by atoms with Crippen molar-refractivity contribution in [2.24, 2.45) is 5.92 Å². The zero-order valence-electron chi connectivity index (χ0n) is 11.5. The molecule has 1 heterocycles. The fourth-order valence-corrected chi connectivity index (χ4v) is 2.01. The number of carboxylic acids is 1. The van der Waals surface area contributed by atoms with Crippen LogP contribution in [0.25, 0.3) is 0 Å². The minimum absolute atomic E-state index is 0.124. The number of amides is 1. The molecular formula is C14H20N2O3. The lowest BCUT2D eigenvalue weighted by molar-refractivity contribution is -0.150. The normalized spacial score (nSPS) is 12.2. The molecule has 0 saturated carbocycles. The third-order valence-electron chi connectivity index (χ3n) is 3.02. The lowest BCUT2D eigenvalue weighted by Crippen LogP contribution is -2.45. The molecule has 0 fully saturated rings. The number of rotatable bonds is 6. The first kappa shape index (κ1) is 15.1. The van der Waals surface area contributed by atoms with Crippen molar-refractivity contribution in [2.45, 2.75) is 32.7 Å². The smallest absolute Gasteiger partial charge is 0.326 e. The molecule has 0 saturated heterocycles. The molecule has 5 heteroatoms. The Morgan fingerprint density at radius 3 is 2.53 bits per heavy atom. The fraction of sp³-hybridized carbons (Fsp3) is 0.500. The minimum Gasteiger partial charge on any atom is -0.480 e. The van der Waals surface area contributed by atoms with Gasteiger partial charge in [0.25, 0.3) is 0 Å². The van der Waals surface area contributed by atoms with E-state index in [0.29, 0.717) is 6.42 Å². The van der Waals surface area contributed by atoms with E-state index in [1.54, 1.807) is 27.1 Å². The Hall–Kier alpha value is -1.91. The van der Waals surface area contributed by atoms with Crippen molar-refractivity contribution >= 4 is 11.9 Å². The van der Waals surface area contributed by atoms with Crippen LogP contribution in [0.15, 0.2) is 24.4 Å². The SMILES string of the molecule is CC(C)C(C(=O)O)N(C)C(=O)CCc1ccccn1. The van der Waals surface area contributed by atoms with Crippen LogP contribution >= 0.6 is 0 Å². The van der Waals surface area contributed by atoms with Gasteiger partial charge in [0.05, 0.1) is 0 Å². The standard InChI is InChI=1S/C14H20N2O3/c1-10(2)13(14(18)19)16(3)12(17)8-7-11-6-4-5-9-15-11/h4-6,9-10,13H,7-8H2,1-3H3,(H,18,19). The van der Waals surface area contributed by atoms with Crippen molar-refractivity contribution in [3.63, 3.8) is 0 Å². The summed E-state index contributed by atoms with van der Waals surface area (Å²) >= 11 is 0. The Bertz CT molecular complexity index is 432. The highest BCUT2D eigenvalue weighted by molar-refractivity contribution is 5.83. The third kappa shape index (κ3) is 4.35. The fourth-order valence-electron chi connectivity index (χ4n) is 2.01. The van der Waals surface area contributed by atoms with Crippen LogP contribution < -0.4 is 0 Å². The summed E-state index contributed by atoms with van der Waals surface area (Å²) in [5.74, 6) is -1.27. The number of carboxylic acid groups (broad SMARTS) is 1. The van der Waals surface area contributed by atoms with E-state index in [4.69, 9.17) is 5.11 Å². The molecule has 0 radical (unpaired) electrons. The lowest BCUT2D eigenvalue weighted by atomic mass is 10.0. The van der Waals surface area contributed by atoms with Crippen molar-refractivity contribution in [1.82, 2.24) is 9.88 Å². The first-order valence-corrected chi connectivity index (χ1v) is 6.32. The maximum absolute atomic E-state index is 12.0. The van der Waals surface area contributed by atoms with Gasteiger partial charge in [0.15, 0.2) is 0 Å². The minimum atomic E-state index is -0.969. The number of pyridine rings is 1. The Morgan fingerprint density at radius 1 is 1.37 bits per heavy atom. The molecule has 0 spiro atoms. The van der Waals surface area contributed by atoms with E-state index < -0.39 is 12.0 Å². The van der Waals surface area contributed by atoms with Crippen molar-refractivity contribution in [1.29, 1.82) is 0 Å². The topological polar surface area (TPSA) is 70.5 Å². The molecule has 1 aromatic rings. The largest absolute Gasteiger partial charge is 0.480 e. The average Bonchev–Trinajstić information content (AvgIpc) is 2.36. The molecule has 0 aliphatic carbocycles. The molecule has 0 aliphatic rings. The molecule has 1 N–H and O–H groups in total. The van der Waals surface area contributed by atoms with E-state index in [0.717, 1.165) is 5.69 Å². The van der Waals surface area contributed by atoms with Crippen molar-refractivity contribution < 1.29 is 14.7 Å². The second-order valence-electron chi connectivity index (χ2n) is 4.85. The van der Waals surface area contributed by atoms with Crippen LogP contribution in [-0.4, -0.2) is 40.0 Å². The van der Waals surface area contributed by atoms with Gasteiger partial charge < -0.3 is 10.0 Å². The molecule has 5 nitrogen and oxygen atoms in total. The van der Waals surface area contributed by atoms with Gasteiger partial charge in [-0.25, -0.2) is 4.79 Å². The predicted octanol–water partition coefficient (Wildman–Crippen LogP) is 1.58. The summed E-state index contributed by atoms with van der Waals surface area (Å²) in [4.78, 5) is 28.6. The number of hydrogen-bond donors (Lipinski definition) is 1. The highest BCUT2D eigenvalue weighted by atomic mass is 16.4. The van der Waals surface area contributed by atoms with Crippen LogP contribution in [0.2, 0.25) is 0 Å². The van der Waals surface area contributed by atoms with Crippen LogP contribution in [0, 0.1) is 5.92 Å². The summed E-state index contributed by atoms with van der Waals surface area (Å²) in [5.41, 5.74) is 0.834. The summed E-state index contributed by atoms with van der Waals surface area (Å²) in [6, 6.07) is 4.75. The van der Waals surface area contributed by atoms with Gasteiger partial charge in [-0.2, -0.15) is 0 Å². The zero-order valence-corrected chi connectivity index (χ0v) is 11.5. The molecular weight excluding hydrogens is 244 g/mol. The monoisotopic (exact) mass is 264 g/mol. The number of nitrogens with zero attached hydrogens (tertiary/aromatic N) is 2. The highest BCUT2D eigenvalue weighted by Gasteiger charge is 2.29. The van der Waals surface area contributed by atoms with Gasteiger partial charge in [-0.15, -0.1) is 0 Å². The van der Waals surface area contributed by atoms with E-state index in [-0.39, 0.29) is 18.2 Å². The van der Waals surface area contributed by atoms with Gasteiger partial charge in [-0.1, -0.05) is 19.9 Å². The van der Waals surface area contributed by atoms with Crippen molar-refractivity contribution in [3.8, 4) is 0 Å². The quantitative estimate of drug-likeness (QED) is 0.847. The Balaban J connectivity index is 2.59. The number of likely N-dealkylation sites (N-methyl/N-ethyl adjacent to an activating group) is 1. The number of carbonyl (C=O) groups excluding carboxylic acids is 1. The lowest BCUT2D eigenvalue weighted by Gasteiger charge is -2.27. The summed E-state index contributed by atoms with van der Waals surface area (Å²) in [6.07, 6.45) is 2.47. The van der Waals surface area contributed by atoms with Gasteiger partial charge in [0.2, 0.25) is 5.91 Å². The van der Waals surface area contributed by atoms with Gasteiger partial charge >= 0.3 is 5.97 Å². The predicted molar refractivity (Wildman–Crippen MR) is 71.6 cm³/mol. The molecule has 1 rings (SSSR count). The maximum atomic E-state index is 12.0. The Kier molecular flexibility index (Phi) is 5.48.